The minimum Gasteiger partial charge on any atom is -0.494 e. The molecule has 18 heavy (non-hydrogen) atoms. The molecule has 0 saturated carbocycles. The van der Waals surface area contributed by atoms with Crippen molar-refractivity contribution in [2.75, 3.05) is 25.0 Å². The first kappa shape index (κ1) is 14.3. The van der Waals surface area contributed by atoms with E-state index in [1.165, 1.54) is 0 Å². The standard InChI is InChI=1S/C13H21N3O2/c14-8-2-9-16-11-4-6-12(7-5-11)18-10-1-3-13(15)17/h4-7,16H,1-3,8-10,14H2,(H2,15,17). The van der Waals surface area contributed by atoms with Crippen molar-refractivity contribution in [1.82, 2.24) is 0 Å². The molecule has 0 fully saturated rings. The van der Waals surface area contributed by atoms with Crippen LogP contribution in [0.1, 0.15) is 19.3 Å². The number of benzene rings is 1. The zero-order chi connectivity index (χ0) is 13.2. The number of carbonyl (C=O) groups is 1. The Morgan fingerprint density at radius 3 is 2.56 bits per heavy atom. The number of carbonyl (C=O) groups excluding carboxylic acids is 1. The smallest absolute Gasteiger partial charge is 0.217 e. The molecule has 0 aliphatic rings. The number of primary amides is 1. The van der Waals surface area contributed by atoms with Crippen LogP contribution in [0.5, 0.6) is 5.75 Å². The van der Waals surface area contributed by atoms with Gasteiger partial charge in [0.05, 0.1) is 6.61 Å². The molecule has 0 aromatic heterocycles. The number of hydrogen-bond acceptors (Lipinski definition) is 4. The van der Waals surface area contributed by atoms with Gasteiger partial charge in [0.15, 0.2) is 0 Å². The highest BCUT2D eigenvalue weighted by Crippen LogP contribution is 2.15. The third-order valence-electron chi connectivity index (χ3n) is 2.40. The SMILES string of the molecule is NCCCNc1ccc(OCCCC(N)=O)cc1. The molecule has 5 nitrogen and oxygen atoms in total. The number of ether oxygens (including phenoxy) is 1. The average molecular weight is 251 g/mol. The lowest BCUT2D eigenvalue weighted by atomic mass is 10.3. The van der Waals surface area contributed by atoms with Crippen LogP contribution in [0.2, 0.25) is 0 Å². The Morgan fingerprint density at radius 1 is 1.22 bits per heavy atom. The maximum Gasteiger partial charge on any atom is 0.217 e. The quantitative estimate of drug-likeness (QED) is 0.573. The number of hydrogen-bond donors (Lipinski definition) is 3. The molecule has 1 amide bonds. The van der Waals surface area contributed by atoms with Crippen molar-refractivity contribution in [3.8, 4) is 5.75 Å². The Kier molecular flexibility index (Phi) is 6.64. The van der Waals surface area contributed by atoms with Crippen LogP contribution in [0.15, 0.2) is 24.3 Å². The molecule has 5 heteroatoms. The summed E-state index contributed by atoms with van der Waals surface area (Å²) in [5.41, 5.74) is 11.5. The number of nitrogens with two attached hydrogens (primary N) is 2. The summed E-state index contributed by atoms with van der Waals surface area (Å²) in [6.07, 6.45) is 1.95. The molecule has 1 rings (SSSR count). The first-order valence-electron chi connectivity index (χ1n) is 6.17. The predicted molar refractivity (Wildman–Crippen MR) is 72.5 cm³/mol. The van der Waals surface area contributed by atoms with Gasteiger partial charge in [-0.1, -0.05) is 0 Å². The normalized spacial score (nSPS) is 10.1. The van der Waals surface area contributed by atoms with Crippen LogP contribution in [-0.4, -0.2) is 25.6 Å². The molecule has 0 unspecified atom stereocenters. The Morgan fingerprint density at radius 2 is 1.94 bits per heavy atom. The van der Waals surface area contributed by atoms with Gasteiger partial charge in [0.1, 0.15) is 5.75 Å². The summed E-state index contributed by atoms with van der Waals surface area (Å²) in [6, 6.07) is 7.71. The lowest BCUT2D eigenvalue weighted by Gasteiger charge is -2.08. The lowest BCUT2D eigenvalue weighted by Crippen LogP contribution is -2.11. The van der Waals surface area contributed by atoms with Gasteiger partial charge in [-0.2, -0.15) is 0 Å². The number of nitrogens with one attached hydrogen (secondary N) is 1. The van der Waals surface area contributed by atoms with Gasteiger partial charge in [0.2, 0.25) is 5.91 Å². The van der Waals surface area contributed by atoms with Gasteiger partial charge in [-0.05, 0) is 43.7 Å². The Bertz CT molecular complexity index is 352. The lowest BCUT2D eigenvalue weighted by molar-refractivity contribution is -0.118. The van der Waals surface area contributed by atoms with E-state index in [1.807, 2.05) is 24.3 Å². The van der Waals surface area contributed by atoms with E-state index in [0.717, 1.165) is 24.4 Å². The van der Waals surface area contributed by atoms with E-state index < -0.39 is 0 Å². The molecule has 0 radical (unpaired) electrons. The molecule has 1 aromatic carbocycles. The summed E-state index contributed by atoms with van der Waals surface area (Å²) in [7, 11) is 0. The molecule has 0 saturated heterocycles. The summed E-state index contributed by atoms with van der Waals surface area (Å²) >= 11 is 0. The van der Waals surface area contributed by atoms with E-state index in [1.54, 1.807) is 0 Å². The fourth-order valence-corrected chi connectivity index (χ4v) is 1.44. The molecular formula is C13H21N3O2. The van der Waals surface area contributed by atoms with Crippen molar-refractivity contribution in [2.24, 2.45) is 11.5 Å². The van der Waals surface area contributed by atoms with Crippen LogP contribution in [0, 0.1) is 0 Å². The molecule has 0 heterocycles. The van der Waals surface area contributed by atoms with Gasteiger partial charge >= 0.3 is 0 Å². The van der Waals surface area contributed by atoms with E-state index >= 15 is 0 Å². The maximum absolute atomic E-state index is 10.5. The highest BCUT2D eigenvalue weighted by atomic mass is 16.5. The second-order valence-electron chi connectivity index (χ2n) is 4.01. The predicted octanol–water partition coefficient (Wildman–Crippen LogP) is 1.09. The van der Waals surface area contributed by atoms with Gasteiger partial charge in [-0.25, -0.2) is 0 Å². The molecule has 0 aliphatic carbocycles. The second-order valence-corrected chi connectivity index (χ2v) is 4.01. The molecule has 100 valence electrons. The summed E-state index contributed by atoms with van der Waals surface area (Å²) in [5.74, 6) is 0.502. The van der Waals surface area contributed by atoms with Crippen molar-refractivity contribution in [3.05, 3.63) is 24.3 Å². The largest absolute Gasteiger partial charge is 0.494 e. The highest BCUT2D eigenvalue weighted by Gasteiger charge is 1.97. The van der Waals surface area contributed by atoms with Gasteiger partial charge in [-0.15, -0.1) is 0 Å². The van der Waals surface area contributed by atoms with Gasteiger partial charge in [0.25, 0.3) is 0 Å². The van der Waals surface area contributed by atoms with E-state index in [0.29, 0.717) is 26.0 Å². The van der Waals surface area contributed by atoms with Crippen LogP contribution in [0.25, 0.3) is 0 Å². The maximum atomic E-state index is 10.5. The number of anilines is 1. The third-order valence-corrected chi connectivity index (χ3v) is 2.40. The summed E-state index contributed by atoms with van der Waals surface area (Å²) in [4.78, 5) is 10.5. The van der Waals surface area contributed by atoms with Crippen LogP contribution in [0.4, 0.5) is 5.69 Å². The molecule has 0 aliphatic heterocycles. The minimum atomic E-state index is -0.293. The number of amides is 1. The summed E-state index contributed by atoms with van der Waals surface area (Å²) < 4.78 is 5.48. The van der Waals surface area contributed by atoms with E-state index in [4.69, 9.17) is 16.2 Å². The second kappa shape index (κ2) is 8.36. The van der Waals surface area contributed by atoms with Gasteiger partial charge < -0.3 is 21.5 Å². The average Bonchev–Trinajstić information content (AvgIpc) is 2.36. The zero-order valence-corrected chi connectivity index (χ0v) is 10.5. The van der Waals surface area contributed by atoms with Crippen LogP contribution >= 0.6 is 0 Å². The molecule has 5 N–H and O–H groups in total. The first-order chi connectivity index (χ1) is 8.72. The minimum absolute atomic E-state index is 0.293. The number of rotatable bonds is 9. The highest BCUT2D eigenvalue weighted by molar-refractivity contribution is 5.73. The molecule has 0 spiro atoms. The van der Waals surface area contributed by atoms with E-state index in [9.17, 15) is 4.79 Å². The fraction of sp³-hybridized carbons (Fsp3) is 0.462. The Labute approximate surface area is 107 Å². The van der Waals surface area contributed by atoms with Crippen molar-refractivity contribution in [2.45, 2.75) is 19.3 Å². The van der Waals surface area contributed by atoms with Crippen LogP contribution < -0.4 is 21.5 Å². The monoisotopic (exact) mass is 251 g/mol. The molecule has 0 atom stereocenters. The van der Waals surface area contributed by atoms with Crippen molar-refractivity contribution < 1.29 is 9.53 Å². The van der Waals surface area contributed by atoms with Gasteiger partial charge in [-0.3, -0.25) is 4.79 Å². The summed E-state index contributed by atoms with van der Waals surface area (Å²) in [5, 5.41) is 3.26. The van der Waals surface area contributed by atoms with Gasteiger partial charge in [0, 0.05) is 18.7 Å². The zero-order valence-electron chi connectivity index (χ0n) is 10.5. The van der Waals surface area contributed by atoms with Crippen molar-refractivity contribution >= 4 is 11.6 Å². The van der Waals surface area contributed by atoms with E-state index in [2.05, 4.69) is 5.32 Å². The van der Waals surface area contributed by atoms with Crippen LogP contribution in [-0.2, 0) is 4.79 Å². The summed E-state index contributed by atoms with van der Waals surface area (Å²) in [6.45, 7) is 2.06. The van der Waals surface area contributed by atoms with Crippen molar-refractivity contribution in [3.63, 3.8) is 0 Å². The topological polar surface area (TPSA) is 90.4 Å². The van der Waals surface area contributed by atoms with Crippen molar-refractivity contribution in [1.29, 1.82) is 0 Å². The molecule has 0 bridgehead atoms. The molecule has 1 aromatic rings. The fourth-order valence-electron chi connectivity index (χ4n) is 1.44. The van der Waals surface area contributed by atoms with Crippen LogP contribution in [0.3, 0.4) is 0 Å². The van der Waals surface area contributed by atoms with E-state index in [-0.39, 0.29) is 5.91 Å². The Balaban J connectivity index is 2.25. The molecular weight excluding hydrogens is 230 g/mol. The Hall–Kier alpha value is -1.75. The first-order valence-corrected chi connectivity index (χ1v) is 6.17. The third kappa shape index (κ3) is 6.10.